The number of rotatable bonds is 3. The second-order valence-corrected chi connectivity index (χ2v) is 6.90. The molecule has 0 bridgehead atoms. The highest BCUT2D eigenvalue weighted by Gasteiger charge is 2.26. The summed E-state index contributed by atoms with van der Waals surface area (Å²) in [5.41, 5.74) is 4.13. The molecule has 0 saturated carbocycles. The van der Waals surface area contributed by atoms with Crippen LogP contribution in [0.5, 0.6) is 0 Å². The zero-order chi connectivity index (χ0) is 18.3. The Labute approximate surface area is 153 Å². The molecule has 26 heavy (non-hydrogen) atoms. The van der Waals surface area contributed by atoms with E-state index in [4.69, 9.17) is 0 Å². The van der Waals surface area contributed by atoms with E-state index in [0.717, 1.165) is 41.7 Å². The number of nitrogens with zero attached hydrogens (tertiary/aromatic N) is 5. The molecule has 0 fully saturated rings. The molecule has 0 aliphatic carbocycles. The van der Waals surface area contributed by atoms with E-state index in [2.05, 4.69) is 38.4 Å². The number of benzene rings is 1. The minimum atomic E-state index is 0.0734. The van der Waals surface area contributed by atoms with Gasteiger partial charge in [0.05, 0.1) is 12.1 Å². The quantitative estimate of drug-likeness (QED) is 0.730. The molecule has 1 amide bonds. The molecule has 6 nitrogen and oxygen atoms in total. The highest BCUT2D eigenvalue weighted by molar-refractivity contribution is 5.95. The molecule has 1 aliphatic heterocycles. The van der Waals surface area contributed by atoms with Crippen LogP contribution in [0.15, 0.2) is 36.4 Å². The normalized spacial score (nSPS) is 13.7. The predicted molar refractivity (Wildman–Crippen MR) is 98.9 cm³/mol. The van der Waals surface area contributed by atoms with Gasteiger partial charge < -0.3 is 14.0 Å². The Bertz CT molecular complexity index is 954. The van der Waals surface area contributed by atoms with Crippen LogP contribution in [0, 0.1) is 20.8 Å². The largest absolute Gasteiger partial charge is 0.344 e. The molecule has 0 radical (unpaired) electrons. The third-order valence-corrected chi connectivity index (χ3v) is 5.21. The minimum absolute atomic E-state index is 0.0734. The van der Waals surface area contributed by atoms with E-state index in [0.29, 0.717) is 13.1 Å². The maximum Gasteiger partial charge on any atom is 0.256 e. The van der Waals surface area contributed by atoms with Gasteiger partial charge in [0, 0.05) is 31.0 Å². The number of fused-ring (bicyclic) bond motifs is 1. The maximum absolute atomic E-state index is 13.1. The Morgan fingerprint density at radius 1 is 1.08 bits per heavy atom. The second kappa shape index (κ2) is 6.44. The lowest BCUT2D eigenvalue weighted by Crippen LogP contribution is -2.38. The lowest BCUT2D eigenvalue weighted by Gasteiger charge is -2.27. The number of amides is 1. The summed E-state index contributed by atoms with van der Waals surface area (Å²) in [6.07, 6.45) is 0. The Morgan fingerprint density at radius 3 is 2.62 bits per heavy atom. The van der Waals surface area contributed by atoms with Crippen molar-refractivity contribution in [1.29, 1.82) is 0 Å². The number of hydrogen-bond acceptors (Lipinski definition) is 3. The number of carbonyl (C=O) groups is 1. The third kappa shape index (κ3) is 2.81. The maximum atomic E-state index is 13.1. The molecule has 2 aromatic heterocycles. The summed E-state index contributed by atoms with van der Waals surface area (Å²) in [5, 5.41) is 8.32. The number of aromatic nitrogens is 4. The zero-order valence-corrected chi connectivity index (χ0v) is 15.4. The van der Waals surface area contributed by atoms with Gasteiger partial charge in [0.25, 0.3) is 5.91 Å². The fourth-order valence-corrected chi connectivity index (χ4v) is 3.67. The summed E-state index contributed by atoms with van der Waals surface area (Å²) in [5.74, 6) is 1.85. The fourth-order valence-electron chi connectivity index (χ4n) is 3.67. The van der Waals surface area contributed by atoms with Crippen molar-refractivity contribution < 1.29 is 4.79 Å². The van der Waals surface area contributed by atoms with Gasteiger partial charge in [0.2, 0.25) is 0 Å². The van der Waals surface area contributed by atoms with E-state index in [1.165, 1.54) is 5.56 Å². The molecule has 6 heteroatoms. The summed E-state index contributed by atoms with van der Waals surface area (Å²) in [7, 11) is 0. The van der Waals surface area contributed by atoms with Gasteiger partial charge in [-0.2, -0.15) is 0 Å². The first-order valence-electron chi connectivity index (χ1n) is 8.93. The first kappa shape index (κ1) is 16.6. The fraction of sp³-hybridized carbons (Fsp3) is 0.350. The van der Waals surface area contributed by atoms with Gasteiger partial charge in [-0.3, -0.25) is 4.79 Å². The van der Waals surface area contributed by atoms with E-state index in [-0.39, 0.29) is 5.91 Å². The Morgan fingerprint density at radius 2 is 1.85 bits per heavy atom. The van der Waals surface area contributed by atoms with Crippen LogP contribution in [-0.4, -0.2) is 36.7 Å². The molecule has 3 aromatic rings. The molecule has 0 atom stereocenters. The molecule has 1 aliphatic rings. The second-order valence-electron chi connectivity index (χ2n) is 6.90. The van der Waals surface area contributed by atoms with Gasteiger partial charge in [0.15, 0.2) is 5.82 Å². The van der Waals surface area contributed by atoms with Crippen LogP contribution in [0.1, 0.15) is 39.0 Å². The van der Waals surface area contributed by atoms with Crippen LogP contribution in [0.2, 0.25) is 0 Å². The van der Waals surface area contributed by atoms with Gasteiger partial charge in [-0.05, 0) is 32.4 Å². The highest BCUT2D eigenvalue weighted by atomic mass is 16.2. The Kier molecular flexibility index (Phi) is 4.11. The van der Waals surface area contributed by atoms with Crippen LogP contribution >= 0.6 is 0 Å². The summed E-state index contributed by atoms with van der Waals surface area (Å²) < 4.78 is 4.29. The van der Waals surface area contributed by atoms with Crippen molar-refractivity contribution in [2.45, 2.75) is 40.4 Å². The SMILES string of the molecule is Cc1cc(C(=O)N2CCn3c(C)nnc3C2)c(C)n1Cc1ccccc1. The van der Waals surface area contributed by atoms with Crippen LogP contribution in [0.25, 0.3) is 0 Å². The number of aryl methyl sites for hydroxylation is 2. The first-order valence-corrected chi connectivity index (χ1v) is 8.93. The standard InChI is InChI=1S/C20H23N5O/c1-14-11-18(15(2)25(14)12-17-7-5-4-6-8-17)20(26)23-9-10-24-16(3)21-22-19(24)13-23/h4-8,11H,9-10,12-13H2,1-3H3. The molecule has 4 rings (SSSR count). The van der Waals surface area contributed by atoms with Gasteiger partial charge in [0.1, 0.15) is 5.82 Å². The smallest absolute Gasteiger partial charge is 0.256 e. The number of hydrogen-bond donors (Lipinski definition) is 0. The van der Waals surface area contributed by atoms with Crippen molar-refractivity contribution in [2.24, 2.45) is 0 Å². The van der Waals surface area contributed by atoms with E-state index in [1.807, 2.05) is 43.0 Å². The highest BCUT2D eigenvalue weighted by Crippen LogP contribution is 2.21. The van der Waals surface area contributed by atoms with Crippen molar-refractivity contribution >= 4 is 5.91 Å². The predicted octanol–water partition coefficient (Wildman–Crippen LogP) is 2.71. The molecular formula is C20H23N5O. The van der Waals surface area contributed by atoms with Gasteiger partial charge >= 0.3 is 0 Å². The van der Waals surface area contributed by atoms with Crippen LogP contribution < -0.4 is 0 Å². The molecule has 0 spiro atoms. The van der Waals surface area contributed by atoms with Crippen LogP contribution in [0.4, 0.5) is 0 Å². The van der Waals surface area contributed by atoms with Crippen LogP contribution in [-0.2, 0) is 19.6 Å². The van der Waals surface area contributed by atoms with E-state index < -0.39 is 0 Å². The first-order chi connectivity index (χ1) is 12.5. The summed E-state index contributed by atoms with van der Waals surface area (Å²) in [6.45, 7) is 8.77. The van der Waals surface area contributed by atoms with Gasteiger partial charge in [-0.15, -0.1) is 10.2 Å². The molecule has 3 heterocycles. The topological polar surface area (TPSA) is 56.0 Å². The third-order valence-electron chi connectivity index (χ3n) is 5.21. The summed E-state index contributed by atoms with van der Waals surface area (Å²) >= 11 is 0. The summed E-state index contributed by atoms with van der Waals surface area (Å²) in [4.78, 5) is 15.0. The summed E-state index contributed by atoms with van der Waals surface area (Å²) in [6, 6.07) is 12.3. The zero-order valence-electron chi connectivity index (χ0n) is 15.4. The van der Waals surface area contributed by atoms with E-state index in [9.17, 15) is 4.79 Å². The van der Waals surface area contributed by atoms with Crippen molar-refractivity contribution in [3.05, 3.63) is 70.6 Å². The van der Waals surface area contributed by atoms with Crippen molar-refractivity contribution in [3.8, 4) is 0 Å². The lowest BCUT2D eigenvalue weighted by molar-refractivity contribution is 0.0706. The van der Waals surface area contributed by atoms with Crippen molar-refractivity contribution in [3.63, 3.8) is 0 Å². The lowest BCUT2D eigenvalue weighted by atomic mass is 10.2. The Balaban J connectivity index is 1.58. The average Bonchev–Trinajstić information content (AvgIpc) is 3.16. The molecular weight excluding hydrogens is 326 g/mol. The van der Waals surface area contributed by atoms with Crippen molar-refractivity contribution in [2.75, 3.05) is 6.54 Å². The van der Waals surface area contributed by atoms with E-state index in [1.54, 1.807) is 0 Å². The van der Waals surface area contributed by atoms with E-state index >= 15 is 0 Å². The molecule has 0 N–H and O–H groups in total. The molecule has 1 aromatic carbocycles. The van der Waals surface area contributed by atoms with Gasteiger partial charge in [-0.1, -0.05) is 30.3 Å². The van der Waals surface area contributed by atoms with Gasteiger partial charge in [-0.25, -0.2) is 0 Å². The minimum Gasteiger partial charge on any atom is -0.344 e. The Hall–Kier alpha value is -2.89. The molecule has 0 unspecified atom stereocenters. The number of carbonyl (C=O) groups excluding carboxylic acids is 1. The molecule has 0 saturated heterocycles. The van der Waals surface area contributed by atoms with Crippen molar-refractivity contribution in [1.82, 2.24) is 24.2 Å². The monoisotopic (exact) mass is 349 g/mol. The van der Waals surface area contributed by atoms with Crippen LogP contribution in [0.3, 0.4) is 0 Å². The average molecular weight is 349 g/mol. The molecule has 134 valence electrons.